The SMILES string of the molecule is CCn1c2ccccc2c2cc(NC(=O)C(C)SC(=S)N3CCCC3)ccc21. The summed E-state index contributed by atoms with van der Waals surface area (Å²) in [6.07, 6.45) is 2.37. The quantitative estimate of drug-likeness (QED) is 0.595. The van der Waals surface area contributed by atoms with Crippen LogP contribution in [0, 0.1) is 0 Å². The van der Waals surface area contributed by atoms with E-state index in [9.17, 15) is 4.79 Å². The Kier molecular flexibility index (Phi) is 5.60. The number of thioether (sulfide) groups is 1. The zero-order valence-corrected chi connectivity index (χ0v) is 17.9. The molecule has 1 amide bonds. The fraction of sp³-hybridized carbons (Fsp3) is 0.364. The van der Waals surface area contributed by atoms with Gasteiger partial charge in [-0.3, -0.25) is 4.79 Å². The van der Waals surface area contributed by atoms with Gasteiger partial charge in [-0.05, 0) is 51.0 Å². The number of likely N-dealkylation sites (tertiary alicyclic amines) is 1. The number of fused-ring (bicyclic) bond motifs is 3. The van der Waals surface area contributed by atoms with E-state index in [-0.39, 0.29) is 11.2 Å². The fourth-order valence-electron chi connectivity index (χ4n) is 3.89. The third kappa shape index (κ3) is 3.63. The third-order valence-electron chi connectivity index (χ3n) is 5.37. The van der Waals surface area contributed by atoms with Gasteiger partial charge in [0.05, 0.1) is 5.25 Å². The van der Waals surface area contributed by atoms with E-state index in [2.05, 4.69) is 58.1 Å². The summed E-state index contributed by atoms with van der Waals surface area (Å²) in [6.45, 7) is 7.02. The maximum atomic E-state index is 12.7. The summed E-state index contributed by atoms with van der Waals surface area (Å²) >= 11 is 6.99. The van der Waals surface area contributed by atoms with Gasteiger partial charge < -0.3 is 14.8 Å². The molecule has 0 aliphatic carbocycles. The van der Waals surface area contributed by atoms with Crippen LogP contribution in [0.25, 0.3) is 21.8 Å². The van der Waals surface area contributed by atoms with Crippen molar-refractivity contribution in [1.82, 2.24) is 9.47 Å². The molecule has 1 saturated heterocycles. The highest BCUT2D eigenvalue weighted by atomic mass is 32.2. The maximum Gasteiger partial charge on any atom is 0.237 e. The number of hydrogen-bond donors (Lipinski definition) is 1. The molecular formula is C22H25N3OS2. The number of nitrogens with zero attached hydrogens (tertiary/aromatic N) is 2. The Morgan fingerprint density at radius 1 is 1.14 bits per heavy atom. The van der Waals surface area contributed by atoms with Crippen LogP contribution in [-0.4, -0.2) is 38.0 Å². The van der Waals surface area contributed by atoms with Gasteiger partial charge in [-0.15, -0.1) is 0 Å². The molecule has 146 valence electrons. The molecular weight excluding hydrogens is 386 g/mol. The van der Waals surface area contributed by atoms with Crippen molar-refractivity contribution < 1.29 is 4.79 Å². The van der Waals surface area contributed by atoms with Crippen molar-refractivity contribution in [3.8, 4) is 0 Å². The van der Waals surface area contributed by atoms with Crippen LogP contribution in [0.15, 0.2) is 42.5 Å². The molecule has 2 heterocycles. The first-order valence-corrected chi connectivity index (χ1v) is 11.1. The second kappa shape index (κ2) is 8.13. The van der Waals surface area contributed by atoms with Crippen LogP contribution in [0.5, 0.6) is 0 Å². The first-order valence-electron chi connectivity index (χ1n) is 9.86. The molecule has 0 spiro atoms. The highest BCUT2D eigenvalue weighted by molar-refractivity contribution is 8.23. The molecule has 1 fully saturated rings. The van der Waals surface area contributed by atoms with Crippen LogP contribution in [0.2, 0.25) is 0 Å². The minimum atomic E-state index is -0.221. The van der Waals surface area contributed by atoms with E-state index in [0.29, 0.717) is 0 Å². The predicted octanol–water partition coefficient (Wildman–Crippen LogP) is 5.26. The summed E-state index contributed by atoms with van der Waals surface area (Å²) < 4.78 is 3.14. The van der Waals surface area contributed by atoms with Crippen molar-refractivity contribution >= 4 is 61.7 Å². The number of para-hydroxylation sites is 1. The number of anilines is 1. The molecule has 1 atom stereocenters. The molecule has 3 aromatic rings. The van der Waals surface area contributed by atoms with Gasteiger partial charge in [0.15, 0.2) is 0 Å². The lowest BCUT2D eigenvalue weighted by Gasteiger charge is -2.20. The van der Waals surface area contributed by atoms with Crippen LogP contribution in [-0.2, 0) is 11.3 Å². The second-order valence-corrected chi connectivity index (χ2v) is 9.18. The minimum Gasteiger partial charge on any atom is -0.358 e. The summed E-state index contributed by atoms with van der Waals surface area (Å²) in [4.78, 5) is 14.9. The number of thiocarbonyl (C=S) groups is 1. The molecule has 1 aliphatic rings. The standard InChI is InChI=1S/C22H25N3OS2/c1-3-25-19-9-5-4-8-17(19)18-14-16(10-11-20(18)25)23-21(26)15(2)28-22(27)24-12-6-7-13-24/h4-5,8-11,14-15H,3,6-7,12-13H2,1-2H3,(H,23,26). The molecule has 28 heavy (non-hydrogen) atoms. The van der Waals surface area contributed by atoms with E-state index >= 15 is 0 Å². The average molecular weight is 412 g/mol. The normalized spacial score (nSPS) is 15.3. The van der Waals surface area contributed by atoms with Crippen LogP contribution in [0.1, 0.15) is 26.7 Å². The molecule has 1 aromatic heterocycles. The van der Waals surface area contributed by atoms with Crippen LogP contribution < -0.4 is 5.32 Å². The molecule has 0 saturated carbocycles. The van der Waals surface area contributed by atoms with Gasteiger partial charge in [-0.1, -0.05) is 42.2 Å². The minimum absolute atomic E-state index is 0.00914. The third-order valence-corrected chi connectivity index (χ3v) is 6.94. The molecule has 2 aromatic carbocycles. The smallest absolute Gasteiger partial charge is 0.237 e. The number of nitrogens with one attached hydrogen (secondary N) is 1. The highest BCUT2D eigenvalue weighted by Gasteiger charge is 2.21. The van der Waals surface area contributed by atoms with Gasteiger partial charge in [0, 0.05) is 47.1 Å². The number of rotatable bonds is 4. The summed E-state index contributed by atoms with van der Waals surface area (Å²) in [5, 5.41) is 5.24. The average Bonchev–Trinajstić information content (AvgIpc) is 3.34. The molecule has 0 radical (unpaired) electrons. The van der Waals surface area contributed by atoms with Crippen molar-refractivity contribution in [3.05, 3.63) is 42.5 Å². The van der Waals surface area contributed by atoms with E-state index in [1.54, 1.807) is 0 Å². The predicted molar refractivity (Wildman–Crippen MR) is 124 cm³/mol. The molecule has 0 bridgehead atoms. The Morgan fingerprint density at radius 2 is 1.86 bits per heavy atom. The van der Waals surface area contributed by atoms with E-state index in [4.69, 9.17) is 12.2 Å². The number of amides is 1. The van der Waals surface area contributed by atoms with Gasteiger partial charge in [0.25, 0.3) is 0 Å². The summed E-state index contributed by atoms with van der Waals surface area (Å²) in [5.74, 6) is -0.00914. The van der Waals surface area contributed by atoms with Gasteiger partial charge in [0.2, 0.25) is 5.91 Å². The Bertz CT molecular complexity index is 1040. The fourth-order valence-corrected chi connectivity index (χ4v) is 5.31. The van der Waals surface area contributed by atoms with Crippen molar-refractivity contribution in [2.24, 2.45) is 0 Å². The van der Waals surface area contributed by atoms with E-state index in [1.807, 2.05) is 13.0 Å². The van der Waals surface area contributed by atoms with Crippen molar-refractivity contribution in [1.29, 1.82) is 0 Å². The zero-order chi connectivity index (χ0) is 19.7. The Labute approximate surface area is 175 Å². The maximum absolute atomic E-state index is 12.7. The molecule has 1 unspecified atom stereocenters. The Morgan fingerprint density at radius 3 is 2.61 bits per heavy atom. The van der Waals surface area contributed by atoms with E-state index in [0.717, 1.165) is 29.6 Å². The lowest BCUT2D eigenvalue weighted by atomic mass is 10.1. The molecule has 6 heteroatoms. The van der Waals surface area contributed by atoms with E-state index < -0.39 is 0 Å². The van der Waals surface area contributed by atoms with Gasteiger partial charge in [-0.2, -0.15) is 0 Å². The highest BCUT2D eigenvalue weighted by Crippen LogP contribution is 2.31. The Hall–Kier alpha value is -2.05. The van der Waals surface area contributed by atoms with Gasteiger partial charge >= 0.3 is 0 Å². The van der Waals surface area contributed by atoms with Crippen molar-refractivity contribution in [2.75, 3.05) is 18.4 Å². The number of carbonyl (C=O) groups excluding carboxylic acids is 1. The summed E-state index contributed by atoms with van der Waals surface area (Å²) in [6, 6.07) is 14.6. The van der Waals surface area contributed by atoms with Crippen LogP contribution >= 0.6 is 24.0 Å². The summed E-state index contributed by atoms with van der Waals surface area (Å²) in [5.41, 5.74) is 3.25. The lowest BCUT2D eigenvalue weighted by Crippen LogP contribution is -2.29. The zero-order valence-electron chi connectivity index (χ0n) is 16.3. The molecule has 4 nitrogen and oxygen atoms in total. The van der Waals surface area contributed by atoms with Crippen molar-refractivity contribution in [2.45, 2.75) is 38.5 Å². The Balaban J connectivity index is 1.53. The number of aryl methyl sites for hydroxylation is 1. The lowest BCUT2D eigenvalue weighted by molar-refractivity contribution is -0.115. The van der Waals surface area contributed by atoms with Crippen LogP contribution in [0.3, 0.4) is 0 Å². The summed E-state index contributed by atoms with van der Waals surface area (Å²) in [7, 11) is 0. The number of hydrogen-bond acceptors (Lipinski definition) is 3. The first kappa shape index (κ1) is 19.3. The monoisotopic (exact) mass is 411 g/mol. The molecule has 1 aliphatic heterocycles. The van der Waals surface area contributed by atoms with Crippen LogP contribution in [0.4, 0.5) is 5.69 Å². The topological polar surface area (TPSA) is 37.3 Å². The first-order chi connectivity index (χ1) is 13.6. The number of aromatic nitrogens is 1. The second-order valence-electron chi connectivity index (χ2n) is 7.20. The molecule has 1 N–H and O–H groups in total. The molecule has 4 rings (SSSR count). The number of carbonyl (C=O) groups is 1. The largest absolute Gasteiger partial charge is 0.358 e. The van der Waals surface area contributed by atoms with Gasteiger partial charge in [-0.25, -0.2) is 0 Å². The number of benzene rings is 2. The van der Waals surface area contributed by atoms with E-state index in [1.165, 1.54) is 46.4 Å². The van der Waals surface area contributed by atoms with Crippen molar-refractivity contribution in [3.63, 3.8) is 0 Å². The van der Waals surface area contributed by atoms with Gasteiger partial charge in [0.1, 0.15) is 4.32 Å².